The fraction of sp³-hybridized carbons (Fsp3) is 0.310. The molecular formula is C29H35N3O6. The van der Waals surface area contributed by atoms with Crippen molar-refractivity contribution in [3.05, 3.63) is 84.4 Å². The van der Waals surface area contributed by atoms with Gasteiger partial charge in [0.15, 0.2) is 11.5 Å². The van der Waals surface area contributed by atoms with Gasteiger partial charge in [0, 0.05) is 31.0 Å². The van der Waals surface area contributed by atoms with Gasteiger partial charge in [-0.15, -0.1) is 0 Å². The van der Waals surface area contributed by atoms with Crippen LogP contribution in [-0.4, -0.2) is 63.7 Å². The monoisotopic (exact) mass is 521 g/mol. The molecule has 0 unspecified atom stereocenters. The minimum absolute atomic E-state index is 0.172. The maximum atomic E-state index is 12.2. The van der Waals surface area contributed by atoms with Crippen molar-refractivity contribution in [1.29, 1.82) is 0 Å². The lowest BCUT2D eigenvalue weighted by molar-refractivity contribution is 0.118. The largest absolute Gasteiger partial charge is 0.493 e. The first-order valence-corrected chi connectivity index (χ1v) is 12.6. The summed E-state index contributed by atoms with van der Waals surface area (Å²) in [5.74, 6) is 1.40. The third kappa shape index (κ3) is 9.67. The first-order valence-electron chi connectivity index (χ1n) is 12.6. The molecule has 0 aromatic heterocycles. The van der Waals surface area contributed by atoms with E-state index in [0.717, 1.165) is 11.3 Å². The number of amides is 2. The average Bonchev–Trinajstić information content (AvgIpc) is 2.93. The molecule has 0 atom stereocenters. The van der Waals surface area contributed by atoms with Gasteiger partial charge in [0.25, 0.3) is 0 Å². The highest BCUT2D eigenvalue weighted by Gasteiger charge is 2.14. The molecule has 2 N–H and O–H groups in total. The Bertz CT molecular complexity index is 1070. The summed E-state index contributed by atoms with van der Waals surface area (Å²) >= 11 is 0. The standard InChI is InChI=1S/C29H35N3O6/c1-3-36-27-23(11-10-16-26(27)35-2)17-18-32(19-21-37-28(33)30-24-12-6-4-7-13-24)20-22-38-29(34)31-25-14-8-5-9-15-25/h4-16H,3,17-22H2,1-2H3,(H,30,33)(H,31,34). The first kappa shape index (κ1) is 28.3. The maximum absolute atomic E-state index is 12.2. The van der Waals surface area contributed by atoms with Gasteiger partial charge in [-0.2, -0.15) is 0 Å². The fourth-order valence-corrected chi connectivity index (χ4v) is 3.73. The summed E-state index contributed by atoms with van der Waals surface area (Å²) in [6.07, 6.45) is -0.388. The number of carbonyl (C=O) groups excluding carboxylic acids is 2. The zero-order valence-electron chi connectivity index (χ0n) is 21.9. The molecule has 2 amide bonds. The second kappa shape index (κ2) is 15.8. The Labute approximate surface area is 223 Å². The molecule has 0 aliphatic rings. The quantitative estimate of drug-likeness (QED) is 0.292. The van der Waals surface area contributed by atoms with Crippen molar-refractivity contribution >= 4 is 23.6 Å². The maximum Gasteiger partial charge on any atom is 0.411 e. The third-order valence-corrected chi connectivity index (χ3v) is 5.59. The number of nitrogens with zero attached hydrogens (tertiary/aromatic N) is 1. The number of rotatable bonds is 14. The molecule has 3 rings (SSSR count). The second-order valence-electron chi connectivity index (χ2n) is 8.23. The van der Waals surface area contributed by atoms with Crippen LogP contribution in [0.2, 0.25) is 0 Å². The van der Waals surface area contributed by atoms with Crippen LogP contribution in [0.5, 0.6) is 11.5 Å². The molecule has 0 radical (unpaired) electrons. The summed E-state index contributed by atoms with van der Waals surface area (Å²) in [5, 5.41) is 5.40. The Morgan fingerprint density at radius 2 is 1.29 bits per heavy atom. The minimum atomic E-state index is -0.527. The van der Waals surface area contributed by atoms with Gasteiger partial charge < -0.3 is 18.9 Å². The van der Waals surface area contributed by atoms with Crippen LogP contribution in [0.3, 0.4) is 0 Å². The summed E-state index contributed by atoms with van der Waals surface area (Å²) in [6.45, 7) is 4.33. The molecule has 0 fully saturated rings. The highest BCUT2D eigenvalue weighted by atomic mass is 16.6. The Morgan fingerprint density at radius 3 is 1.79 bits per heavy atom. The predicted octanol–water partition coefficient (Wildman–Crippen LogP) is 5.44. The Balaban J connectivity index is 1.55. The Morgan fingerprint density at radius 1 is 0.737 bits per heavy atom. The van der Waals surface area contributed by atoms with Crippen molar-refractivity contribution in [1.82, 2.24) is 4.90 Å². The van der Waals surface area contributed by atoms with Crippen LogP contribution >= 0.6 is 0 Å². The van der Waals surface area contributed by atoms with E-state index in [1.807, 2.05) is 61.5 Å². The SMILES string of the molecule is CCOc1c(CCN(CCOC(=O)Nc2ccccc2)CCOC(=O)Nc2ccccc2)cccc1OC. The average molecular weight is 522 g/mol. The highest BCUT2D eigenvalue weighted by Crippen LogP contribution is 2.31. The highest BCUT2D eigenvalue weighted by molar-refractivity contribution is 5.84. The lowest BCUT2D eigenvalue weighted by atomic mass is 10.1. The molecule has 0 heterocycles. The molecule has 3 aromatic rings. The predicted molar refractivity (Wildman–Crippen MR) is 147 cm³/mol. The van der Waals surface area contributed by atoms with E-state index in [0.29, 0.717) is 49.8 Å². The van der Waals surface area contributed by atoms with E-state index in [1.54, 1.807) is 31.4 Å². The van der Waals surface area contributed by atoms with Crippen molar-refractivity contribution in [3.8, 4) is 11.5 Å². The van der Waals surface area contributed by atoms with E-state index < -0.39 is 12.2 Å². The number of anilines is 2. The number of ether oxygens (including phenoxy) is 4. The van der Waals surface area contributed by atoms with Crippen LogP contribution < -0.4 is 20.1 Å². The zero-order valence-corrected chi connectivity index (χ0v) is 21.9. The van der Waals surface area contributed by atoms with Crippen molar-refractivity contribution < 1.29 is 28.5 Å². The zero-order chi connectivity index (χ0) is 27.0. The van der Waals surface area contributed by atoms with Crippen LogP contribution in [0.4, 0.5) is 21.0 Å². The van der Waals surface area contributed by atoms with E-state index >= 15 is 0 Å². The van der Waals surface area contributed by atoms with Crippen LogP contribution in [0.25, 0.3) is 0 Å². The lowest BCUT2D eigenvalue weighted by Gasteiger charge is -2.23. The van der Waals surface area contributed by atoms with E-state index in [9.17, 15) is 9.59 Å². The van der Waals surface area contributed by atoms with Gasteiger partial charge in [0.2, 0.25) is 0 Å². The van der Waals surface area contributed by atoms with E-state index in [1.165, 1.54) is 0 Å². The van der Waals surface area contributed by atoms with Gasteiger partial charge in [-0.1, -0.05) is 48.5 Å². The molecule has 0 saturated carbocycles. The summed E-state index contributed by atoms with van der Waals surface area (Å²) in [7, 11) is 1.61. The normalized spacial score (nSPS) is 10.5. The first-order chi connectivity index (χ1) is 18.6. The molecule has 9 nitrogen and oxygen atoms in total. The molecule has 38 heavy (non-hydrogen) atoms. The molecule has 9 heteroatoms. The summed E-state index contributed by atoms with van der Waals surface area (Å²) in [6, 6.07) is 24.0. The topological polar surface area (TPSA) is 98.4 Å². The number of benzene rings is 3. The number of hydrogen-bond donors (Lipinski definition) is 2. The number of hydrogen-bond acceptors (Lipinski definition) is 7. The van der Waals surface area contributed by atoms with Crippen LogP contribution in [0.1, 0.15) is 12.5 Å². The number of nitrogens with one attached hydrogen (secondary N) is 2. The smallest absolute Gasteiger partial charge is 0.411 e. The second-order valence-corrected chi connectivity index (χ2v) is 8.23. The Kier molecular flexibility index (Phi) is 11.8. The minimum Gasteiger partial charge on any atom is -0.493 e. The van der Waals surface area contributed by atoms with Crippen LogP contribution in [0, 0.1) is 0 Å². The van der Waals surface area contributed by atoms with Gasteiger partial charge in [0.05, 0.1) is 13.7 Å². The van der Waals surface area contributed by atoms with Gasteiger partial charge >= 0.3 is 12.2 Å². The van der Waals surface area contributed by atoms with E-state index in [-0.39, 0.29) is 13.2 Å². The number of methoxy groups -OCH3 is 1. The van der Waals surface area contributed by atoms with Crippen molar-refractivity contribution in [2.45, 2.75) is 13.3 Å². The lowest BCUT2D eigenvalue weighted by Crippen LogP contribution is -2.34. The van der Waals surface area contributed by atoms with E-state index in [2.05, 4.69) is 15.5 Å². The molecule has 0 spiro atoms. The summed E-state index contributed by atoms with van der Waals surface area (Å²) < 4.78 is 22.0. The number of para-hydroxylation sites is 3. The van der Waals surface area contributed by atoms with Crippen molar-refractivity contribution in [3.63, 3.8) is 0 Å². The molecular weight excluding hydrogens is 486 g/mol. The molecule has 202 valence electrons. The van der Waals surface area contributed by atoms with Gasteiger partial charge in [-0.05, 0) is 49.2 Å². The molecule has 0 bridgehead atoms. The van der Waals surface area contributed by atoms with Crippen molar-refractivity contribution in [2.24, 2.45) is 0 Å². The molecule has 0 aliphatic heterocycles. The van der Waals surface area contributed by atoms with Crippen LogP contribution in [-0.2, 0) is 15.9 Å². The molecule has 0 aliphatic carbocycles. The third-order valence-electron chi connectivity index (χ3n) is 5.59. The molecule has 3 aromatic carbocycles. The fourth-order valence-electron chi connectivity index (χ4n) is 3.73. The van der Waals surface area contributed by atoms with Crippen LogP contribution in [0.15, 0.2) is 78.9 Å². The summed E-state index contributed by atoms with van der Waals surface area (Å²) in [5.41, 5.74) is 2.32. The van der Waals surface area contributed by atoms with Gasteiger partial charge in [0.1, 0.15) is 13.2 Å². The van der Waals surface area contributed by atoms with E-state index in [4.69, 9.17) is 18.9 Å². The molecule has 0 saturated heterocycles. The van der Waals surface area contributed by atoms with Crippen molar-refractivity contribution in [2.75, 3.05) is 57.2 Å². The van der Waals surface area contributed by atoms with Gasteiger partial charge in [-0.3, -0.25) is 15.5 Å². The summed E-state index contributed by atoms with van der Waals surface area (Å²) in [4.78, 5) is 26.4. The number of carbonyl (C=O) groups is 2. The Hall–Kier alpha value is -4.24. The van der Waals surface area contributed by atoms with Gasteiger partial charge in [-0.25, -0.2) is 9.59 Å².